The molecule has 0 unspecified atom stereocenters. The number of amides is 1. The maximum atomic E-state index is 13.5. The van der Waals surface area contributed by atoms with Crippen LogP contribution in [-0.2, 0) is 4.79 Å². The third-order valence-corrected chi connectivity index (χ3v) is 3.26. The lowest BCUT2D eigenvalue weighted by molar-refractivity contribution is -0.346. The van der Waals surface area contributed by atoms with Crippen LogP contribution in [0.15, 0.2) is 0 Å². The van der Waals surface area contributed by atoms with Gasteiger partial charge in [-0.2, -0.15) is 30.7 Å². The summed E-state index contributed by atoms with van der Waals surface area (Å²) in [5.41, 5.74) is 0. The first-order valence-electron chi connectivity index (χ1n) is 7.26. The van der Waals surface area contributed by atoms with Crippen molar-refractivity contribution in [2.75, 3.05) is 13.1 Å². The number of carbonyl (C=O) groups is 1. The summed E-state index contributed by atoms with van der Waals surface area (Å²) in [6, 6.07) is 0. The number of halogens is 7. The molecule has 0 fully saturated rings. The molecule has 0 heterocycles. The van der Waals surface area contributed by atoms with E-state index in [0.29, 0.717) is 4.90 Å². The molecule has 0 aromatic rings. The molecule has 0 atom stereocenters. The molecular formula is C14H22F7NO. The highest BCUT2D eigenvalue weighted by atomic mass is 19.4. The lowest BCUT2D eigenvalue weighted by Crippen LogP contribution is -2.60. The van der Waals surface area contributed by atoms with E-state index in [9.17, 15) is 35.5 Å². The standard InChI is InChI=1S/C14H22F7NO/c1-9(2)5-7-22(8-6-10(3)4)11(23)12(15,16)13(17,18)14(19,20)21/h9-10H,5-8H2,1-4H3. The minimum atomic E-state index is -6.51. The van der Waals surface area contributed by atoms with Gasteiger partial charge < -0.3 is 4.90 Å². The molecule has 0 aliphatic carbocycles. The molecule has 0 bridgehead atoms. The second kappa shape index (κ2) is 7.70. The van der Waals surface area contributed by atoms with Crippen molar-refractivity contribution in [3.05, 3.63) is 0 Å². The predicted molar refractivity (Wildman–Crippen MR) is 71.4 cm³/mol. The smallest absolute Gasteiger partial charge is 0.337 e. The Hall–Kier alpha value is -1.02. The fraction of sp³-hybridized carbons (Fsp3) is 0.929. The average molecular weight is 353 g/mol. The molecule has 23 heavy (non-hydrogen) atoms. The Kier molecular flexibility index (Phi) is 7.36. The van der Waals surface area contributed by atoms with Crippen LogP contribution < -0.4 is 0 Å². The fourth-order valence-electron chi connectivity index (χ4n) is 1.65. The van der Waals surface area contributed by atoms with Gasteiger partial charge in [-0.1, -0.05) is 27.7 Å². The SMILES string of the molecule is CC(C)CCN(CCC(C)C)C(=O)C(F)(F)C(F)(F)C(F)(F)F. The van der Waals surface area contributed by atoms with Crippen molar-refractivity contribution >= 4 is 5.91 Å². The normalized spacial score (nSPS) is 13.8. The first-order chi connectivity index (χ1) is 10.1. The molecule has 0 N–H and O–H groups in total. The van der Waals surface area contributed by atoms with Gasteiger partial charge >= 0.3 is 18.0 Å². The summed E-state index contributed by atoms with van der Waals surface area (Å²) in [5.74, 6) is -14.8. The van der Waals surface area contributed by atoms with E-state index in [0.717, 1.165) is 0 Å². The summed E-state index contributed by atoms with van der Waals surface area (Å²) in [5, 5.41) is 0. The van der Waals surface area contributed by atoms with E-state index in [1.807, 2.05) is 0 Å². The second-order valence-electron chi connectivity index (χ2n) is 6.30. The molecule has 0 saturated carbocycles. The van der Waals surface area contributed by atoms with Gasteiger partial charge in [-0.05, 0) is 24.7 Å². The Morgan fingerprint density at radius 1 is 0.826 bits per heavy atom. The van der Waals surface area contributed by atoms with Crippen molar-refractivity contribution in [3.8, 4) is 0 Å². The van der Waals surface area contributed by atoms with E-state index in [4.69, 9.17) is 0 Å². The highest BCUT2D eigenvalue weighted by molar-refractivity contribution is 5.85. The topological polar surface area (TPSA) is 20.3 Å². The molecule has 0 aliphatic heterocycles. The maximum absolute atomic E-state index is 13.5. The zero-order chi connectivity index (χ0) is 18.6. The van der Waals surface area contributed by atoms with E-state index >= 15 is 0 Å². The van der Waals surface area contributed by atoms with Crippen molar-refractivity contribution in [1.29, 1.82) is 0 Å². The molecule has 0 rings (SSSR count). The Morgan fingerprint density at radius 3 is 1.43 bits per heavy atom. The lowest BCUT2D eigenvalue weighted by atomic mass is 10.1. The quantitative estimate of drug-likeness (QED) is 0.577. The summed E-state index contributed by atoms with van der Waals surface area (Å²) in [7, 11) is 0. The number of hydrogen-bond acceptors (Lipinski definition) is 1. The van der Waals surface area contributed by atoms with Gasteiger partial charge in [0.05, 0.1) is 0 Å². The summed E-state index contributed by atoms with van der Waals surface area (Å²) >= 11 is 0. The Morgan fingerprint density at radius 2 is 1.17 bits per heavy atom. The maximum Gasteiger partial charge on any atom is 0.460 e. The molecule has 0 spiro atoms. The molecule has 0 radical (unpaired) electrons. The van der Waals surface area contributed by atoms with Crippen LogP contribution in [0.2, 0.25) is 0 Å². The number of hydrogen-bond donors (Lipinski definition) is 0. The van der Waals surface area contributed by atoms with Crippen molar-refractivity contribution < 1.29 is 35.5 Å². The molecule has 138 valence electrons. The summed E-state index contributed by atoms with van der Waals surface area (Å²) in [6.45, 7) is 6.27. The van der Waals surface area contributed by atoms with Crippen molar-refractivity contribution in [2.24, 2.45) is 11.8 Å². The van der Waals surface area contributed by atoms with Crippen LogP contribution in [0.25, 0.3) is 0 Å². The van der Waals surface area contributed by atoms with E-state index in [1.165, 1.54) is 0 Å². The van der Waals surface area contributed by atoms with Gasteiger partial charge in [-0.15, -0.1) is 0 Å². The largest absolute Gasteiger partial charge is 0.460 e. The molecule has 9 heteroatoms. The zero-order valence-electron chi connectivity index (χ0n) is 13.5. The van der Waals surface area contributed by atoms with E-state index in [1.54, 1.807) is 27.7 Å². The molecular weight excluding hydrogens is 331 g/mol. The molecule has 1 amide bonds. The zero-order valence-corrected chi connectivity index (χ0v) is 13.5. The van der Waals surface area contributed by atoms with Gasteiger partial charge in [0.2, 0.25) is 0 Å². The van der Waals surface area contributed by atoms with Gasteiger partial charge in [0, 0.05) is 13.1 Å². The van der Waals surface area contributed by atoms with Crippen LogP contribution in [-0.4, -0.2) is 41.9 Å². The van der Waals surface area contributed by atoms with E-state index in [2.05, 4.69) is 0 Å². The fourth-order valence-corrected chi connectivity index (χ4v) is 1.65. The molecule has 0 aromatic heterocycles. The first kappa shape index (κ1) is 22.0. The molecule has 0 aliphatic rings. The van der Waals surface area contributed by atoms with Gasteiger partial charge in [-0.25, -0.2) is 0 Å². The average Bonchev–Trinajstić information content (AvgIpc) is 2.35. The number of rotatable bonds is 8. The van der Waals surface area contributed by atoms with Crippen LogP contribution in [0, 0.1) is 11.8 Å². The summed E-state index contributed by atoms with van der Waals surface area (Å²) in [4.78, 5) is 12.1. The van der Waals surface area contributed by atoms with Gasteiger partial charge in [0.15, 0.2) is 0 Å². The summed E-state index contributed by atoms with van der Waals surface area (Å²) in [6.07, 6.45) is -6.07. The van der Waals surface area contributed by atoms with Crippen LogP contribution in [0.3, 0.4) is 0 Å². The van der Waals surface area contributed by atoms with Crippen molar-refractivity contribution in [2.45, 2.75) is 58.6 Å². The van der Waals surface area contributed by atoms with Gasteiger partial charge in [0.1, 0.15) is 0 Å². The van der Waals surface area contributed by atoms with Crippen molar-refractivity contribution in [1.82, 2.24) is 4.90 Å². The second-order valence-corrected chi connectivity index (χ2v) is 6.30. The van der Waals surface area contributed by atoms with E-state index in [-0.39, 0.29) is 37.8 Å². The lowest BCUT2D eigenvalue weighted by Gasteiger charge is -2.32. The van der Waals surface area contributed by atoms with Crippen LogP contribution in [0.4, 0.5) is 30.7 Å². The number of alkyl halides is 7. The molecule has 0 saturated heterocycles. The van der Waals surface area contributed by atoms with Crippen LogP contribution >= 0.6 is 0 Å². The third kappa shape index (κ3) is 5.53. The Balaban J connectivity index is 5.38. The van der Waals surface area contributed by atoms with Crippen molar-refractivity contribution in [3.63, 3.8) is 0 Å². The third-order valence-electron chi connectivity index (χ3n) is 3.26. The number of nitrogens with zero attached hydrogens (tertiary/aromatic N) is 1. The minimum absolute atomic E-state index is 0.0268. The minimum Gasteiger partial charge on any atom is -0.337 e. The highest BCUT2D eigenvalue weighted by Gasteiger charge is 2.76. The highest BCUT2D eigenvalue weighted by Crippen LogP contribution is 2.47. The monoisotopic (exact) mass is 353 g/mol. The Labute approximate surface area is 131 Å². The van der Waals surface area contributed by atoms with Crippen LogP contribution in [0.1, 0.15) is 40.5 Å². The summed E-state index contributed by atoms with van der Waals surface area (Å²) < 4.78 is 89.6. The van der Waals surface area contributed by atoms with E-state index < -0.39 is 23.9 Å². The number of carbonyl (C=O) groups excluding carboxylic acids is 1. The molecule has 2 nitrogen and oxygen atoms in total. The molecule has 0 aromatic carbocycles. The predicted octanol–water partition coefficient (Wildman–Crippen LogP) is 4.74. The first-order valence-corrected chi connectivity index (χ1v) is 7.26. The van der Waals surface area contributed by atoms with Gasteiger partial charge in [-0.3, -0.25) is 4.79 Å². The van der Waals surface area contributed by atoms with Crippen LogP contribution in [0.5, 0.6) is 0 Å². The van der Waals surface area contributed by atoms with Gasteiger partial charge in [0.25, 0.3) is 5.91 Å². The Bertz CT molecular complexity index is 379.